The Morgan fingerprint density at radius 2 is 1.67 bits per heavy atom. The fraction of sp³-hybridized carbons (Fsp3) is 0.533. The highest BCUT2D eigenvalue weighted by molar-refractivity contribution is 5.46. The first kappa shape index (κ1) is 13.3. The van der Waals surface area contributed by atoms with Gasteiger partial charge in [-0.3, -0.25) is 4.90 Å². The van der Waals surface area contributed by atoms with Gasteiger partial charge in [0.15, 0.2) is 0 Å². The average molecular weight is 249 g/mol. The molecule has 1 heterocycles. The molecular formula is C15H22FN2. The molecule has 18 heavy (non-hydrogen) atoms. The van der Waals surface area contributed by atoms with Gasteiger partial charge in [0.25, 0.3) is 0 Å². The maximum atomic E-state index is 12.9. The third-order valence-electron chi connectivity index (χ3n) is 3.54. The fourth-order valence-corrected chi connectivity index (χ4v) is 2.39. The Bertz CT molecular complexity index is 342. The highest BCUT2D eigenvalue weighted by Gasteiger charge is 2.16. The topological polar surface area (TPSA) is 6.48 Å². The summed E-state index contributed by atoms with van der Waals surface area (Å²) in [5.74, 6) is -0.162. The molecule has 2 rings (SSSR count). The average Bonchev–Trinajstić information content (AvgIpc) is 2.41. The molecule has 1 fully saturated rings. The fourth-order valence-electron chi connectivity index (χ4n) is 2.39. The van der Waals surface area contributed by atoms with E-state index in [4.69, 9.17) is 0 Å². The summed E-state index contributed by atoms with van der Waals surface area (Å²) in [7, 11) is 0. The van der Waals surface area contributed by atoms with Crippen LogP contribution < -0.4 is 4.90 Å². The van der Waals surface area contributed by atoms with Crippen molar-refractivity contribution in [3.05, 3.63) is 37.0 Å². The molecule has 0 atom stereocenters. The molecule has 1 radical (unpaired) electrons. The van der Waals surface area contributed by atoms with Gasteiger partial charge in [0.2, 0.25) is 0 Å². The summed E-state index contributed by atoms with van der Waals surface area (Å²) in [6.45, 7) is 9.34. The summed E-state index contributed by atoms with van der Waals surface area (Å²) < 4.78 is 12.9. The van der Waals surface area contributed by atoms with Crippen molar-refractivity contribution >= 4 is 5.69 Å². The number of piperazine rings is 1. The van der Waals surface area contributed by atoms with Gasteiger partial charge in [0.05, 0.1) is 0 Å². The summed E-state index contributed by atoms with van der Waals surface area (Å²) in [4.78, 5) is 4.84. The van der Waals surface area contributed by atoms with E-state index in [1.54, 1.807) is 0 Å². The van der Waals surface area contributed by atoms with Crippen molar-refractivity contribution in [1.29, 1.82) is 0 Å². The van der Waals surface area contributed by atoms with Gasteiger partial charge in [0.1, 0.15) is 5.82 Å². The zero-order valence-electron chi connectivity index (χ0n) is 10.9. The molecule has 1 saturated heterocycles. The van der Waals surface area contributed by atoms with Gasteiger partial charge >= 0.3 is 0 Å². The van der Waals surface area contributed by atoms with Gasteiger partial charge in [-0.2, -0.15) is 0 Å². The SMILES string of the molecule is [CH2]CCCCN1CCN(c2ccc(F)cc2)CC1. The second kappa shape index (κ2) is 6.74. The number of benzene rings is 1. The Balaban J connectivity index is 1.77. The summed E-state index contributed by atoms with van der Waals surface area (Å²) >= 11 is 0. The summed E-state index contributed by atoms with van der Waals surface area (Å²) in [5, 5.41) is 0. The first-order valence-corrected chi connectivity index (χ1v) is 6.82. The van der Waals surface area contributed by atoms with E-state index >= 15 is 0 Å². The van der Waals surface area contributed by atoms with Crippen LogP contribution in [-0.4, -0.2) is 37.6 Å². The molecule has 1 aromatic carbocycles. The molecule has 0 aliphatic carbocycles. The third kappa shape index (κ3) is 3.70. The van der Waals surface area contributed by atoms with E-state index in [-0.39, 0.29) is 5.82 Å². The van der Waals surface area contributed by atoms with Gasteiger partial charge in [0, 0.05) is 31.9 Å². The van der Waals surface area contributed by atoms with Crippen molar-refractivity contribution in [2.45, 2.75) is 19.3 Å². The Morgan fingerprint density at radius 3 is 2.28 bits per heavy atom. The Hall–Kier alpha value is -1.09. The normalized spacial score (nSPS) is 17.1. The highest BCUT2D eigenvalue weighted by atomic mass is 19.1. The van der Waals surface area contributed by atoms with E-state index in [2.05, 4.69) is 16.7 Å². The molecule has 0 amide bonds. The van der Waals surface area contributed by atoms with Gasteiger partial charge in [-0.25, -0.2) is 4.39 Å². The monoisotopic (exact) mass is 249 g/mol. The quantitative estimate of drug-likeness (QED) is 0.740. The minimum absolute atomic E-state index is 0.162. The molecule has 0 spiro atoms. The predicted molar refractivity (Wildman–Crippen MR) is 74.3 cm³/mol. The van der Waals surface area contributed by atoms with Gasteiger partial charge in [-0.15, -0.1) is 0 Å². The largest absolute Gasteiger partial charge is 0.369 e. The third-order valence-corrected chi connectivity index (χ3v) is 3.54. The smallest absolute Gasteiger partial charge is 0.123 e. The van der Waals surface area contributed by atoms with E-state index < -0.39 is 0 Å². The number of hydrogen-bond donors (Lipinski definition) is 0. The van der Waals surface area contributed by atoms with Crippen LogP contribution in [0.15, 0.2) is 24.3 Å². The lowest BCUT2D eigenvalue weighted by Gasteiger charge is -2.36. The van der Waals surface area contributed by atoms with E-state index in [0.717, 1.165) is 38.3 Å². The van der Waals surface area contributed by atoms with Crippen molar-refractivity contribution in [3.63, 3.8) is 0 Å². The second-order valence-electron chi connectivity index (χ2n) is 4.87. The molecule has 0 saturated carbocycles. The minimum atomic E-state index is -0.162. The molecule has 1 aliphatic rings. The number of unbranched alkanes of at least 4 members (excludes halogenated alkanes) is 2. The van der Waals surface area contributed by atoms with Crippen LogP contribution in [0, 0.1) is 12.7 Å². The van der Waals surface area contributed by atoms with Crippen LogP contribution in [0.25, 0.3) is 0 Å². The molecule has 1 aliphatic heterocycles. The molecule has 0 N–H and O–H groups in total. The van der Waals surface area contributed by atoms with Crippen molar-refractivity contribution in [3.8, 4) is 0 Å². The maximum absolute atomic E-state index is 12.9. The number of hydrogen-bond acceptors (Lipinski definition) is 2. The Kier molecular flexibility index (Phi) is 5.00. The van der Waals surface area contributed by atoms with Crippen LogP contribution in [0.1, 0.15) is 19.3 Å². The Labute approximate surface area is 109 Å². The van der Waals surface area contributed by atoms with Gasteiger partial charge in [-0.05, 0) is 37.2 Å². The molecule has 0 aromatic heterocycles. The van der Waals surface area contributed by atoms with E-state index in [1.807, 2.05) is 12.1 Å². The molecular weight excluding hydrogens is 227 g/mol. The number of rotatable bonds is 5. The lowest BCUT2D eigenvalue weighted by Crippen LogP contribution is -2.46. The van der Waals surface area contributed by atoms with Gasteiger partial charge < -0.3 is 4.90 Å². The van der Waals surface area contributed by atoms with Crippen LogP contribution >= 0.6 is 0 Å². The van der Waals surface area contributed by atoms with Crippen LogP contribution in [0.2, 0.25) is 0 Å². The van der Waals surface area contributed by atoms with Crippen LogP contribution in [0.5, 0.6) is 0 Å². The molecule has 99 valence electrons. The minimum Gasteiger partial charge on any atom is -0.369 e. The lowest BCUT2D eigenvalue weighted by molar-refractivity contribution is 0.253. The van der Waals surface area contributed by atoms with E-state index in [0.29, 0.717) is 0 Å². The van der Waals surface area contributed by atoms with Crippen molar-refractivity contribution < 1.29 is 4.39 Å². The number of halogens is 1. The second-order valence-corrected chi connectivity index (χ2v) is 4.87. The summed E-state index contributed by atoms with van der Waals surface area (Å²) in [6, 6.07) is 6.81. The zero-order chi connectivity index (χ0) is 12.8. The molecule has 1 aromatic rings. The van der Waals surface area contributed by atoms with Crippen molar-refractivity contribution in [2.24, 2.45) is 0 Å². The molecule has 0 bridgehead atoms. The van der Waals surface area contributed by atoms with E-state index in [9.17, 15) is 4.39 Å². The van der Waals surface area contributed by atoms with Crippen molar-refractivity contribution in [1.82, 2.24) is 4.90 Å². The van der Waals surface area contributed by atoms with Crippen LogP contribution in [0.3, 0.4) is 0 Å². The first-order valence-electron chi connectivity index (χ1n) is 6.82. The number of nitrogens with zero attached hydrogens (tertiary/aromatic N) is 2. The standard InChI is InChI=1S/C15H22FN2/c1-2-3-4-9-17-10-12-18(13-11-17)15-7-5-14(16)6-8-15/h5-8H,1-4,9-13H2. The lowest BCUT2D eigenvalue weighted by atomic mass is 10.2. The van der Waals surface area contributed by atoms with Crippen molar-refractivity contribution in [2.75, 3.05) is 37.6 Å². The number of anilines is 1. The van der Waals surface area contributed by atoms with Gasteiger partial charge in [-0.1, -0.05) is 19.8 Å². The zero-order valence-corrected chi connectivity index (χ0v) is 10.9. The van der Waals surface area contributed by atoms with Crippen LogP contribution in [0.4, 0.5) is 10.1 Å². The van der Waals surface area contributed by atoms with E-state index in [1.165, 1.54) is 31.5 Å². The summed E-state index contributed by atoms with van der Waals surface area (Å²) in [5.41, 5.74) is 1.13. The summed E-state index contributed by atoms with van der Waals surface area (Å²) in [6.07, 6.45) is 3.51. The highest BCUT2D eigenvalue weighted by Crippen LogP contribution is 2.17. The molecule has 3 heteroatoms. The first-order chi connectivity index (χ1) is 8.79. The Morgan fingerprint density at radius 1 is 1.00 bits per heavy atom. The molecule has 0 unspecified atom stereocenters. The molecule has 2 nitrogen and oxygen atoms in total. The predicted octanol–water partition coefficient (Wildman–Crippen LogP) is 2.95. The maximum Gasteiger partial charge on any atom is 0.123 e. The van der Waals surface area contributed by atoms with Crippen LogP contribution in [-0.2, 0) is 0 Å².